The predicted octanol–water partition coefficient (Wildman–Crippen LogP) is 3.74. The number of hydrogen-bond donors (Lipinski definition) is 0. The van der Waals surface area contributed by atoms with E-state index in [0.29, 0.717) is 5.41 Å². The molecule has 0 atom stereocenters. The van der Waals surface area contributed by atoms with Gasteiger partial charge < -0.3 is 0 Å². The summed E-state index contributed by atoms with van der Waals surface area (Å²) >= 11 is 1.98. The average molecular weight is 209 g/mol. The molecule has 0 aromatic heterocycles. The van der Waals surface area contributed by atoms with Gasteiger partial charge in [-0.15, -0.1) is 11.8 Å². The van der Waals surface area contributed by atoms with E-state index >= 15 is 0 Å². The Hall–Kier alpha value is -0.160. The van der Waals surface area contributed by atoms with Crippen molar-refractivity contribution < 1.29 is 0 Å². The smallest absolute Gasteiger partial charge is 0.104 e. The first-order valence-corrected chi connectivity index (χ1v) is 6.52. The number of nitrogens with zero attached hydrogens (tertiary/aromatic N) is 1. The third-order valence-corrected chi connectivity index (χ3v) is 5.06. The highest BCUT2D eigenvalue weighted by molar-refractivity contribution is 8.01. The summed E-state index contributed by atoms with van der Waals surface area (Å²) in [5.41, 5.74) is 0.418. The monoisotopic (exact) mass is 209 g/mol. The fraction of sp³-hybridized carbons (Fsp3) is 0.917. The molecule has 0 aromatic rings. The molecule has 0 bridgehead atoms. The largest absolute Gasteiger partial charge is 0.197 e. The van der Waals surface area contributed by atoms with Crippen LogP contribution in [-0.4, -0.2) is 10.00 Å². The minimum absolute atomic E-state index is 0.0154. The highest BCUT2D eigenvalue weighted by atomic mass is 32.2. The van der Waals surface area contributed by atoms with Crippen molar-refractivity contribution in [2.45, 2.75) is 62.4 Å². The molecule has 0 heterocycles. The molecule has 14 heavy (non-hydrogen) atoms. The lowest BCUT2D eigenvalue weighted by molar-refractivity contribution is 0.161. The lowest BCUT2D eigenvalue weighted by atomic mass is 9.64. The van der Waals surface area contributed by atoms with Crippen molar-refractivity contribution >= 4 is 11.8 Å². The molecule has 2 heteroatoms. The van der Waals surface area contributed by atoms with Crippen LogP contribution in [0.3, 0.4) is 0 Å². The molecule has 0 unspecified atom stereocenters. The Morgan fingerprint density at radius 2 is 1.79 bits per heavy atom. The first-order valence-electron chi connectivity index (χ1n) is 5.64. The fourth-order valence-corrected chi connectivity index (χ4v) is 5.22. The van der Waals surface area contributed by atoms with Crippen molar-refractivity contribution in [2.24, 2.45) is 5.41 Å². The lowest BCUT2D eigenvalue weighted by Gasteiger charge is -2.49. The molecule has 0 aliphatic heterocycles. The van der Waals surface area contributed by atoms with Gasteiger partial charge in [0.15, 0.2) is 0 Å². The molecule has 2 rings (SSSR count). The van der Waals surface area contributed by atoms with Gasteiger partial charge >= 0.3 is 0 Å². The summed E-state index contributed by atoms with van der Waals surface area (Å²) in [6.07, 6.45) is 7.63. The maximum atomic E-state index is 9.26. The topological polar surface area (TPSA) is 23.8 Å². The predicted molar refractivity (Wildman–Crippen MR) is 61.2 cm³/mol. The summed E-state index contributed by atoms with van der Waals surface area (Å²) in [6, 6.07) is 2.56. The van der Waals surface area contributed by atoms with E-state index in [9.17, 15) is 5.26 Å². The molecule has 2 fully saturated rings. The van der Waals surface area contributed by atoms with E-state index in [1.807, 2.05) is 11.8 Å². The molecule has 2 saturated carbocycles. The Balaban J connectivity index is 1.92. The van der Waals surface area contributed by atoms with E-state index < -0.39 is 0 Å². The molecule has 0 saturated heterocycles. The summed E-state index contributed by atoms with van der Waals surface area (Å²) in [6.45, 7) is 4.55. The van der Waals surface area contributed by atoms with Crippen LogP contribution in [0.15, 0.2) is 0 Å². The van der Waals surface area contributed by atoms with Crippen molar-refractivity contribution in [2.75, 3.05) is 0 Å². The van der Waals surface area contributed by atoms with Gasteiger partial charge in [-0.1, -0.05) is 26.7 Å². The van der Waals surface area contributed by atoms with Crippen molar-refractivity contribution in [1.29, 1.82) is 5.26 Å². The molecule has 0 spiro atoms. The SMILES string of the molecule is CC1(C)CC(C#N)(SC2CCCC2)C1. The minimum Gasteiger partial charge on any atom is -0.197 e. The van der Waals surface area contributed by atoms with Crippen LogP contribution < -0.4 is 0 Å². The third-order valence-electron chi connectivity index (χ3n) is 3.43. The van der Waals surface area contributed by atoms with Crippen LogP contribution in [-0.2, 0) is 0 Å². The van der Waals surface area contributed by atoms with Crippen molar-refractivity contribution in [3.8, 4) is 6.07 Å². The first kappa shape index (κ1) is 10.4. The molecule has 0 N–H and O–H groups in total. The number of rotatable bonds is 2. The summed E-state index contributed by atoms with van der Waals surface area (Å²) in [4.78, 5) is 0. The Kier molecular flexibility index (Phi) is 2.55. The summed E-state index contributed by atoms with van der Waals surface area (Å²) < 4.78 is -0.0154. The molecule has 0 aromatic carbocycles. The molecule has 0 radical (unpaired) electrons. The Morgan fingerprint density at radius 3 is 2.21 bits per heavy atom. The number of thioether (sulfide) groups is 1. The maximum absolute atomic E-state index is 9.26. The molecule has 2 aliphatic rings. The van der Waals surface area contributed by atoms with E-state index in [1.54, 1.807) is 0 Å². The van der Waals surface area contributed by atoms with Gasteiger partial charge in [-0.3, -0.25) is 0 Å². The second kappa shape index (κ2) is 3.45. The van der Waals surface area contributed by atoms with Gasteiger partial charge in [0.05, 0.1) is 6.07 Å². The van der Waals surface area contributed by atoms with Gasteiger partial charge in [-0.05, 0) is 31.1 Å². The standard InChI is InChI=1S/C12H19NS/c1-11(2)7-12(8-11,9-13)14-10-5-3-4-6-10/h10H,3-8H2,1-2H3. The number of nitriles is 1. The van der Waals surface area contributed by atoms with E-state index in [2.05, 4.69) is 19.9 Å². The second-order valence-corrected chi connectivity index (χ2v) is 7.33. The summed E-state index contributed by atoms with van der Waals surface area (Å²) in [5.74, 6) is 0. The first-order chi connectivity index (χ1) is 6.55. The normalized spacial score (nSPS) is 29.5. The fourth-order valence-electron chi connectivity index (χ4n) is 3.01. The van der Waals surface area contributed by atoms with Gasteiger partial charge in [-0.2, -0.15) is 5.26 Å². The lowest BCUT2D eigenvalue weighted by Crippen LogP contribution is -2.46. The number of hydrogen-bond acceptors (Lipinski definition) is 2. The van der Waals surface area contributed by atoms with Crippen LogP contribution in [0.1, 0.15) is 52.4 Å². The zero-order valence-electron chi connectivity index (χ0n) is 9.18. The van der Waals surface area contributed by atoms with Crippen LogP contribution in [0.5, 0.6) is 0 Å². The Labute approximate surface area is 91.3 Å². The van der Waals surface area contributed by atoms with E-state index in [0.717, 1.165) is 18.1 Å². The minimum atomic E-state index is -0.0154. The van der Waals surface area contributed by atoms with E-state index in [1.165, 1.54) is 25.7 Å². The Bertz CT molecular complexity index is 250. The zero-order valence-corrected chi connectivity index (χ0v) is 9.99. The maximum Gasteiger partial charge on any atom is 0.104 e. The third kappa shape index (κ3) is 1.93. The quantitative estimate of drug-likeness (QED) is 0.691. The summed E-state index contributed by atoms with van der Waals surface area (Å²) in [7, 11) is 0. The average Bonchev–Trinajstić information content (AvgIpc) is 2.53. The van der Waals surface area contributed by atoms with Crippen LogP contribution in [0.25, 0.3) is 0 Å². The molecular weight excluding hydrogens is 190 g/mol. The molecule has 2 aliphatic carbocycles. The highest BCUT2D eigenvalue weighted by Gasteiger charge is 2.51. The summed E-state index contributed by atoms with van der Waals surface area (Å²) in [5, 5.41) is 10.0. The molecule has 78 valence electrons. The highest BCUT2D eigenvalue weighted by Crippen LogP contribution is 2.57. The van der Waals surface area contributed by atoms with Crippen molar-refractivity contribution in [1.82, 2.24) is 0 Å². The van der Waals surface area contributed by atoms with Crippen LogP contribution in [0.4, 0.5) is 0 Å². The molecular formula is C12H19NS. The van der Waals surface area contributed by atoms with Crippen molar-refractivity contribution in [3.05, 3.63) is 0 Å². The van der Waals surface area contributed by atoms with Crippen LogP contribution in [0.2, 0.25) is 0 Å². The van der Waals surface area contributed by atoms with Crippen LogP contribution >= 0.6 is 11.8 Å². The van der Waals surface area contributed by atoms with Gasteiger partial charge in [0.1, 0.15) is 4.75 Å². The van der Waals surface area contributed by atoms with Gasteiger partial charge in [0.2, 0.25) is 0 Å². The van der Waals surface area contributed by atoms with Gasteiger partial charge in [-0.25, -0.2) is 0 Å². The van der Waals surface area contributed by atoms with E-state index in [-0.39, 0.29) is 4.75 Å². The Morgan fingerprint density at radius 1 is 1.21 bits per heavy atom. The van der Waals surface area contributed by atoms with Crippen LogP contribution in [0, 0.1) is 16.7 Å². The van der Waals surface area contributed by atoms with Gasteiger partial charge in [0.25, 0.3) is 0 Å². The molecule has 1 nitrogen and oxygen atoms in total. The second-order valence-electron chi connectivity index (χ2n) is 5.65. The van der Waals surface area contributed by atoms with E-state index in [4.69, 9.17) is 0 Å². The van der Waals surface area contributed by atoms with Gasteiger partial charge in [0, 0.05) is 5.25 Å². The zero-order chi connectivity index (χ0) is 10.2. The van der Waals surface area contributed by atoms with Crippen molar-refractivity contribution in [3.63, 3.8) is 0 Å². The molecule has 0 amide bonds.